The Morgan fingerprint density at radius 2 is 1.63 bits per heavy atom. The molecule has 1 aromatic rings. The largest absolute Gasteiger partial charge is 0.461 e. The van der Waals surface area contributed by atoms with Crippen LogP contribution in [0.25, 0.3) is 0 Å². The third-order valence-corrected chi connectivity index (χ3v) is 2.69. The maximum Gasteiger partial charge on any atom is 0.364 e. The van der Waals surface area contributed by atoms with Gasteiger partial charge in [-0.05, 0) is 41.9 Å². The molecule has 0 unspecified atom stereocenters. The summed E-state index contributed by atoms with van der Waals surface area (Å²) in [6, 6.07) is 6.98. The van der Waals surface area contributed by atoms with Crippen molar-refractivity contribution in [3.63, 3.8) is 0 Å². The van der Waals surface area contributed by atoms with E-state index in [1.54, 1.807) is 38.1 Å². The number of carbonyl (C=O) groups excluding carboxylic acids is 2. The van der Waals surface area contributed by atoms with Crippen LogP contribution in [0.3, 0.4) is 0 Å². The average Bonchev–Trinajstić information content (AvgIpc) is 2.38. The summed E-state index contributed by atoms with van der Waals surface area (Å²) in [6.07, 6.45) is 0. The zero-order valence-electron chi connectivity index (χ0n) is 10.7. The van der Waals surface area contributed by atoms with E-state index in [2.05, 4.69) is 20.9 Å². The second kappa shape index (κ2) is 7.68. The second-order valence-electron chi connectivity index (χ2n) is 3.35. The number of aliphatic imine (C=N–C) groups is 1. The molecule has 0 saturated carbocycles. The fourth-order valence-electron chi connectivity index (χ4n) is 1.24. The molecule has 19 heavy (non-hydrogen) atoms. The smallest absolute Gasteiger partial charge is 0.364 e. The first-order chi connectivity index (χ1) is 9.10. The highest BCUT2D eigenvalue weighted by Crippen LogP contribution is 2.24. The van der Waals surface area contributed by atoms with E-state index < -0.39 is 11.9 Å². The van der Waals surface area contributed by atoms with Crippen molar-refractivity contribution in [2.75, 3.05) is 13.2 Å². The van der Waals surface area contributed by atoms with Crippen LogP contribution in [0.2, 0.25) is 0 Å². The Hall–Kier alpha value is -1.69. The Kier molecular flexibility index (Phi) is 6.21. The van der Waals surface area contributed by atoms with Crippen LogP contribution in [-0.4, -0.2) is 30.9 Å². The highest BCUT2D eigenvalue weighted by Gasteiger charge is 2.23. The third kappa shape index (κ3) is 4.48. The molecule has 0 aliphatic carbocycles. The number of para-hydroxylation sites is 1. The number of nitrogens with zero attached hydrogens (tertiary/aromatic N) is 1. The number of carbonyl (C=O) groups is 2. The monoisotopic (exact) mass is 327 g/mol. The van der Waals surface area contributed by atoms with E-state index in [0.717, 1.165) is 0 Å². The van der Waals surface area contributed by atoms with Crippen LogP contribution < -0.4 is 0 Å². The summed E-state index contributed by atoms with van der Waals surface area (Å²) in [5.74, 6) is -1.59. The van der Waals surface area contributed by atoms with Crippen LogP contribution in [0.15, 0.2) is 33.7 Å². The van der Waals surface area contributed by atoms with Gasteiger partial charge in [0.15, 0.2) is 0 Å². The fraction of sp³-hybridized carbons (Fsp3) is 0.308. The summed E-state index contributed by atoms with van der Waals surface area (Å²) in [7, 11) is 0. The van der Waals surface area contributed by atoms with E-state index in [9.17, 15) is 9.59 Å². The van der Waals surface area contributed by atoms with Gasteiger partial charge in [0, 0.05) is 4.47 Å². The molecule has 0 aliphatic rings. The van der Waals surface area contributed by atoms with E-state index in [4.69, 9.17) is 9.47 Å². The zero-order chi connectivity index (χ0) is 14.3. The van der Waals surface area contributed by atoms with Crippen LogP contribution in [0.1, 0.15) is 13.8 Å². The van der Waals surface area contributed by atoms with Crippen LogP contribution in [0, 0.1) is 0 Å². The highest BCUT2D eigenvalue weighted by atomic mass is 79.9. The molecule has 0 bridgehead atoms. The molecule has 0 saturated heterocycles. The summed E-state index contributed by atoms with van der Waals surface area (Å²) in [5.41, 5.74) is 0.0919. The van der Waals surface area contributed by atoms with E-state index in [1.807, 2.05) is 0 Å². The Labute approximate surface area is 119 Å². The van der Waals surface area contributed by atoms with Crippen molar-refractivity contribution in [2.45, 2.75) is 13.8 Å². The van der Waals surface area contributed by atoms with Crippen molar-refractivity contribution in [3.05, 3.63) is 28.7 Å². The van der Waals surface area contributed by atoms with Crippen molar-refractivity contribution in [1.82, 2.24) is 0 Å². The van der Waals surface area contributed by atoms with Crippen molar-refractivity contribution in [3.8, 4) is 0 Å². The minimum Gasteiger partial charge on any atom is -0.461 e. The molecule has 0 aromatic heterocycles. The minimum atomic E-state index is -0.795. The molecular weight excluding hydrogens is 314 g/mol. The molecule has 0 radical (unpaired) electrons. The van der Waals surface area contributed by atoms with Gasteiger partial charge in [-0.1, -0.05) is 12.1 Å². The van der Waals surface area contributed by atoms with Crippen LogP contribution in [0.5, 0.6) is 0 Å². The highest BCUT2D eigenvalue weighted by molar-refractivity contribution is 9.10. The number of hydrogen-bond acceptors (Lipinski definition) is 5. The second-order valence-corrected chi connectivity index (χ2v) is 4.21. The first kappa shape index (κ1) is 15.4. The van der Waals surface area contributed by atoms with Crippen molar-refractivity contribution >= 4 is 39.3 Å². The zero-order valence-corrected chi connectivity index (χ0v) is 12.3. The van der Waals surface area contributed by atoms with Gasteiger partial charge in [-0.15, -0.1) is 0 Å². The van der Waals surface area contributed by atoms with Crippen molar-refractivity contribution in [2.24, 2.45) is 4.99 Å². The summed E-state index contributed by atoms with van der Waals surface area (Å²) in [4.78, 5) is 27.4. The number of benzene rings is 1. The average molecular weight is 328 g/mol. The van der Waals surface area contributed by atoms with E-state index >= 15 is 0 Å². The van der Waals surface area contributed by atoms with Gasteiger partial charge in [0.05, 0.1) is 18.9 Å². The Morgan fingerprint density at radius 3 is 2.11 bits per heavy atom. The lowest BCUT2D eigenvalue weighted by molar-refractivity contribution is -0.140. The van der Waals surface area contributed by atoms with Gasteiger partial charge in [0.1, 0.15) is 0 Å². The van der Waals surface area contributed by atoms with Gasteiger partial charge in [0.25, 0.3) is 0 Å². The van der Waals surface area contributed by atoms with Gasteiger partial charge in [-0.2, -0.15) is 0 Å². The van der Waals surface area contributed by atoms with Crippen molar-refractivity contribution < 1.29 is 19.1 Å². The molecule has 1 rings (SSSR count). The lowest BCUT2D eigenvalue weighted by Gasteiger charge is -2.06. The maximum atomic E-state index is 11.7. The lowest BCUT2D eigenvalue weighted by atomic mass is 10.3. The molecule has 0 fully saturated rings. The molecule has 0 atom stereocenters. The molecule has 0 amide bonds. The molecule has 102 valence electrons. The van der Waals surface area contributed by atoms with Gasteiger partial charge in [-0.25, -0.2) is 14.6 Å². The first-order valence-electron chi connectivity index (χ1n) is 5.77. The summed E-state index contributed by atoms with van der Waals surface area (Å²) in [6.45, 7) is 3.62. The van der Waals surface area contributed by atoms with Gasteiger partial charge >= 0.3 is 11.9 Å². The predicted molar refractivity (Wildman–Crippen MR) is 74.5 cm³/mol. The normalized spacial score (nSPS) is 9.63. The summed E-state index contributed by atoms with van der Waals surface area (Å²) >= 11 is 3.29. The van der Waals surface area contributed by atoms with Gasteiger partial charge in [-0.3, -0.25) is 0 Å². The van der Waals surface area contributed by atoms with Crippen molar-refractivity contribution in [1.29, 1.82) is 0 Å². The maximum absolute atomic E-state index is 11.7. The molecule has 1 aromatic carbocycles. The SMILES string of the molecule is CCOC(=O)C(=Nc1ccccc1Br)C(=O)OCC. The number of halogens is 1. The topological polar surface area (TPSA) is 65.0 Å². The number of hydrogen-bond donors (Lipinski definition) is 0. The number of rotatable bonds is 5. The van der Waals surface area contributed by atoms with Crippen LogP contribution >= 0.6 is 15.9 Å². The molecule has 6 heteroatoms. The molecule has 0 heterocycles. The van der Waals surface area contributed by atoms with E-state index in [-0.39, 0.29) is 18.9 Å². The van der Waals surface area contributed by atoms with Crippen LogP contribution in [0.4, 0.5) is 5.69 Å². The quantitative estimate of drug-likeness (QED) is 0.473. The first-order valence-corrected chi connectivity index (χ1v) is 6.56. The minimum absolute atomic E-state index is 0.160. The molecule has 0 aliphatic heterocycles. The Balaban J connectivity index is 3.12. The fourth-order valence-corrected chi connectivity index (χ4v) is 1.61. The number of ether oxygens (including phenoxy) is 2. The van der Waals surface area contributed by atoms with E-state index in [1.165, 1.54) is 0 Å². The Bertz CT molecular complexity index is 479. The molecule has 0 N–H and O–H groups in total. The predicted octanol–water partition coefficient (Wildman–Crippen LogP) is 2.65. The molecule has 0 spiro atoms. The summed E-state index contributed by atoms with van der Waals surface area (Å²) in [5, 5.41) is 0. The molecular formula is C13H14BrNO4. The Morgan fingerprint density at radius 1 is 1.11 bits per heavy atom. The van der Waals surface area contributed by atoms with E-state index in [0.29, 0.717) is 10.2 Å². The summed E-state index contributed by atoms with van der Waals surface area (Å²) < 4.78 is 10.3. The number of esters is 2. The standard InChI is InChI=1S/C13H14BrNO4/c1-3-18-12(16)11(13(17)19-4-2)15-10-8-6-5-7-9(10)14/h5-8H,3-4H2,1-2H3. The lowest BCUT2D eigenvalue weighted by Crippen LogP contribution is -2.28. The molecule has 5 nitrogen and oxygen atoms in total. The van der Waals surface area contributed by atoms with Gasteiger partial charge < -0.3 is 9.47 Å². The van der Waals surface area contributed by atoms with Gasteiger partial charge in [0.2, 0.25) is 5.71 Å². The van der Waals surface area contributed by atoms with Crippen LogP contribution in [-0.2, 0) is 19.1 Å². The third-order valence-electron chi connectivity index (χ3n) is 2.02.